The number of aryl methyl sites for hydroxylation is 1. The second-order valence-corrected chi connectivity index (χ2v) is 4.57. The molecule has 2 N–H and O–H groups in total. The molecule has 1 unspecified atom stereocenters. The van der Waals surface area contributed by atoms with Gasteiger partial charge in [0.2, 0.25) is 0 Å². The van der Waals surface area contributed by atoms with Crippen LogP contribution in [0.1, 0.15) is 25.8 Å². The third-order valence-corrected chi connectivity index (χ3v) is 2.75. The van der Waals surface area contributed by atoms with Gasteiger partial charge in [0, 0.05) is 5.54 Å². The van der Waals surface area contributed by atoms with Crippen LogP contribution in [-0.2, 0) is 6.42 Å². The van der Waals surface area contributed by atoms with Crippen molar-refractivity contribution in [3.63, 3.8) is 0 Å². The van der Waals surface area contributed by atoms with Gasteiger partial charge >= 0.3 is 0 Å². The van der Waals surface area contributed by atoms with Gasteiger partial charge in [-0.05, 0) is 38.3 Å². The van der Waals surface area contributed by atoms with Crippen LogP contribution < -0.4 is 10.5 Å². The lowest BCUT2D eigenvalue weighted by Gasteiger charge is -2.35. The summed E-state index contributed by atoms with van der Waals surface area (Å²) < 4.78 is 5.87. The Bertz CT molecular complexity index is 333. The topological polar surface area (TPSA) is 35.2 Å². The van der Waals surface area contributed by atoms with Crippen molar-refractivity contribution in [2.75, 3.05) is 0 Å². The monoisotopic (exact) mass is 227 g/mol. The van der Waals surface area contributed by atoms with Crippen molar-refractivity contribution in [2.45, 2.75) is 38.3 Å². The van der Waals surface area contributed by atoms with Crippen molar-refractivity contribution >= 4 is 12.4 Å². The van der Waals surface area contributed by atoms with Crippen LogP contribution in [0.3, 0.4) is 0 Å². The summed E-state index contributed by atoms with van der Waals surface area (Å²) in [7, 11) is 0. The molecule has 0 saturated heterocycles. The Kier molecular flexibility index (Phi) is 3.63. The summed E-state index contributed by atoms with van der Waals surface area (Å²) >= 11 is 0. The van der Waals surface area contributed by atoms with E-state index < -0.39 is 0 Å². The summed E-state index contributed by atoms with van der Waals surface area (Å²) in [6.07, 6.45) is 2.22. The Hall–Kier alpha value is -0.730. The lowest BCUT2D eigenvalue weighted by molar-refractivity contribution is 0.106. The smallest absolute Gasteiger partial charge is 0.123 e. The molecule has 1 aliphatic rings. The zero-order chi connectivity index (χ0) is 10.2. The van der Waals surface area contributed by atoms with Gasteiger partial charge < -0.3 is 10.5 Å². The van der Waals surface area contributed by atoms with Gasteiger partial charge in [-0.15, -0.1) is 12.4 Å². The molecule has 2 rings (SSSR count). The molecule has 0 saturated carbocycles. The SMILES string of the molecule is CC(C)(N)C1CCc2ccccc2O1.Cl. The molecule has 0 aromatic heterocycles. The number of rotatable bonds is 1. The Morgan fingerprint density at radius 3 is 2.67 bits per heavy atom. The molecule has 1 atom stereocenters. The highest BCUT2D eigenvalue weighted by Gasteiger charge is 2.30. The molecule has 2 nitrogen and oxygen atoms in total. The first-order valence-electron chi connectivity index (χ1n) is 5.11. The van der Waals surface area contributed by atoms with Crippen molar-refractivity contribution < 1.29 is 4.74 Å². The number of hydrogen-bond donors (Lipinski definition) is 1. The van der Waals surface area contributed by atoms with Crippen LogP contribution >= 0.6 is 12.4 Å². The van der Waals surface area contributed by atoms with E-state index in [0.29, 0.717) is 0 Å². The summed E-state index contributed by atoms with van der Waals surface area (Å²) in [6.45, 7) is 4.04. The highest BCUT2D eigenvalue weighted by Crippen LogP contribution is 2.30. The Balaban J connectivity index is 0.00000112. The van der Waals surface area contributed by atoms with Crippen molar-refractivity contribution in [3.05, 3.63) is 29.8 Å². The number of fused-ring (bicyclic) bond motifs is 1. The van der Waals surface area contributed by atoms with E-state index >= 15 is 0 Å². The normalized spacial score (nSPS) is 19.8. The summed E-state index contributed by atoms with van der Waals surface area (Å²) in [6, 6.07) is 8.20. The van der Waals surface area contributed by atoms with Crippen molar-refractivity contribution in [2.24, 2.45) is 5.73 Å². The molecule has 3 heteroatoms. The Morgan fingerprint density at radius 2 is 2.00 bits per heavy atom. The second kappa shape index (κ2) is 4.42. The fraction of sp³-hybridized carbons (Fsp3) is 0.500. The summed E-state index contributed by atoms with van der Waals surface area (Å²) in [4.78, 5) is 0. The van der Waals surface area contributed by atoms with Crippen LogP contribution in [0.5, 0.6) is 5.75 Å². The Labute approximate surface area is 97.2 Å². The molecule has 1 aromatic rings. The van der Waals surface area contributed by atoms with E-state index in [0.717, 1.165) is 18.6 Å². The van der Waals surface area contributed by atoms with Gasteiger partial charge in [0.1, 0.15) is 11.9 Å². The molecule has 0 aliphatic carbocycles. The van der Waals surface area contributed by atoms with Crippen LogP contribution in [-0.4, -0.2) is 11.6 Å². The van der Waals surface area contributed by atoms with Gasteiger partial charge in [0.05, 0.1) is 0 Å². The largest absolute Gasteiger partial charge is 0.488 e. The molecule has 1 aromatic carbocycles. The lowest BCUT2D eigenvalue weighted by atomic mass is 9.90. The zero-order valence-electron chi connectivity index (χ0n) is 9.19. The van der Waals surface area contributed by atoms with Gasteiger partial charge in [0.25, 0.3) is 0 Å². The molecule has 1 aliphatic heterocycles. The van der Waals surface area contributed by atoms with E-state index in [9.17, 15) is 0 Å². The van der Waals surface area contributed by atoms with E-state index in [1.54, 1.807) is 0 Å². The molecule has 15 heavy (non-hydrogen) atoms. The minimum Gasteiger partial charge on any atom is -0.488 e. The summed E-state index contributed by atoms with van der Waals surface area (Å²) in [5, 5.41) is 0. The molecule has 0 amide bonds. The molecule has 84 valence electrons. The average Bonchev–Trinajstić information content (AvgIpc) is 2.16. The maximum atomic E-state index is 6.04. The Morgan fingerprint density at radius 1 is 1.33 bits per heavy atom. The quantitative estimate of drug-likeness (QED) is 0.800. The third-order valence-electron chi connectivity index (χ3n) is 2.75. The maximum Gasteiger partial charge on any atom is 0.123 e. The predicted molar refractivity (Wildman–Crippen MR) is 64.7 cm³/mol. The summed E-state index contributed by atoms with van der Waals surface area (Å²) in [5.74, 6) is 1.00. The fourth-order valence-electron chi connectivity index (χ4n) is 1.85. The minimum atomic E-state index is -0.256. The van der Waals surface area contributed by atoms with Crippen LogP contribution in [0.2, 0.25) is 0 Å². The van der Waals surface area contributed by atoms with E-state index in [4.69, 9.17) is 10.5 Å². The van der Waals surface area contributed by atoms with Gasteiger partial charge in [-0.1, -0.05) is 18.2 Å². The van der Waals surface area contributed by atoms with Gasteiger partial charge in [-0.3, -0.25) is 0 Å². The molecular formula is C12H18ClNO. The van der Waals surface area contributed by atoms with E-state index in [2.05, 4.69) is 12.1 Å². The van der Waals surface area contributed by atoms with Crippen molar-refractivity contribution in [1.82, 2.24) is 0 Å². The van der Waals surface area contributed by atoms with Gasteiger partial charge in [0.15, 0.2) is 0 Å². The minimum absolute atomic E-state index is 0. The van der Waals surface area contributed by atoms with E-state index in [-0.39, 0.29) is 24.0 Å². The highest BCUT2D eigenvalue weighted by molar-refractivity contribution is 5.85. The standard InChI is InChI=1S/C12H17NO.ClH/c1-12(2,13)11-8-7-9-5-3-4-6-10(9)14-11;/h3-6,11H,7-8,13H2,1-2H3;1H. The van der Waals surface area contributed by atoms with Crippen LogP contribution in [0.25, 0.3) is 0 Å². The predicted octanol–water partition coefficient (Wildman–Crippen LogP) is 2.54. The number of halogens is 1. The van der Waals surface area contributed by atoms with Crippen molar-refractivity contribution in [1.29, 1.82) is 0 Å². The van der Waals surface area contributed by atoms with Crippen LogP contribution in [0, 0.1) is 0 Å². The number of ether oxygens (including phenoxy) is 1. The average molecular weight is 228 g/mol. The van der Waals surface area contributed by atoms with Crippen molar-refractivity contribution in [3.8, 4) is 5.75 Å². The summed E-state index contributed by atoms with van der Waals surface area (Å²) in [5.41, 5.74) is 7.08. The van der Waals surface area contributed by atoms with Gasteiger partial charge in [-0.2, -0.15) is 0 Å². The number of nitrogens with two attached hydrogens (primary N) is 1. The fourth-order valence-corrected chi connectivity index (χ4v) is 1.85. The molecule has 1 heterocycles. The van der Waals surface area contributed by atoms with Gasteiger partial charge in [-0.25, -0.2) is 0 Å². The molecule has 0 spiro atoms. The van der Waals surface area contributed by atoms with E-state index in [1.165, 1.54) is 5.56 Å². The van der Waals surface area contributed by atoms with Crippen LogP contribution in [0.15, 0.2) is 24.3 Å². The maximum absolute atomic E-state index is 6.04. The first-order valence-corrected chi connectivity index (χ1v) is 5.11. The van der Waals surface area contributed by atoms with Crippen LogP contribution in [0.4, 0.5) is 0 Å². The number of para-hydroxylation sites is 1. The van der Waals surface area contributed by atoms with E-state index in [1.807, 2.05) is 26.0 Å². The number of hydrogen-bond acceptors (Lipinski definition) is 2. The molecule has 0 radical (unpaired) electrons. The zero-order valence-corrected chi connectivity index (χ0v) is 10.0. The first-order chi connectivity index (χ1) is 6.57. The first kappa shape index (κ1) is 12.3. The lowest BCUT2D eigenvalue weighted by Crippen LogP contribution is -2.49. The number of benzene rings is 1. The molecule has 0 fully saturated rings. The highest BCUT2D eigenvalue weighted by atomic mass is 35.5. The molecule has 0 bridgehead atoms. The second-order valence-electron chi connectivity index (χ2n) is 4.57. The molecular weight excluding hydrogens is 210 g/mol. The third kappa shape index (κ3) is 2.64.